The Morgan fingerprint density at radius 3 is 2.62 bits per heavy atom. The number of nitrogens with one attached hydrogen (secondary N) is 1. The smallest absolute Gasteiger partial charge is 0.253 e. The predicted molar refractivity (Wildman–Crippen MR) is 90.6 cm³/mol. The molecule has 24 heavy (non-hydrogen) atoms. The molecule has 0 bridgehead atoms. The number of hydrogen-bond acceptors (Lipinski definition) is 4. The van der Waals surface area contributed by atoms with E-state index in [9.17, 15) is 4.79 Å². The monoisotopic (exact) mass is 322 g/mol. The molecule has 3 aromatic rings. The van der Waals surface area contributed by atoms with Crippen LogP contribution in [0.3, 0.4) is 0 Å². The summed E-state index contributed by atoms with van der Waals surface area (Å²) >= 11 is 0. The van der Waals surface area contributed by atoms with Crippen molar-refractivity contribution >= 4 is 5.91 Å². The standard InChI is InChI=1S/C18H18N4O2/c1-22-16(7-8-21-22)12-20-18(23)15-9-14(10-19-11-15)13-3-5-17(24-2)6-4-13/h3-11H,12H2,1-2H3,(H,20,23). The van der Waals surface area contributed by atoms with Gasteiger partial charge in [0, 0.05) is 31.2 Å². The zero-order chi connectivity index (χ0) is 16.9. The normalized spacial score (nSPS) is 10.4. The molecule has 2 heterocycles. The summed E-state index contributed by atoms with van der Waals surface area (Å²) in [6.07, 6.45) is 5.00. The maximum Gasteiger partial charge on any atom is 0.253 e. The van der Waals surface area contributed by atoms with E-state index in [1.54, 1.807) is 30.4 Å². The zero-order valence-electron chi connectivity index (χ0n) is 13.6. The molecular formula is C18H18N4O2. The molecule has 0 unspecified atom stereocenters. The van der Waals surface area contributed by atoms with Crippen LogP contribution in [0.25, 0.3) is 11.1 Å². The topological polar surface area (TPSA) is 69.0 Å². The second-order valence-corrected chi connectivity index (χ2v) is 5.32. The molecule has 0 radical (unpaired) electrons. The molecule has 1 aromatic carbocycles. The molecule has 1 N–H and O–H groups in total. The van der Waals surface area contributed by atoms with Crippen molar-refractivity contribution in [2.45, 2.75) is 6.54 Å². The number of rotatable bonds is 5. The van der Waals surface area contributed by atoms with E-state index in [0.717, 1.165) is 22.6 Å². The number of pyridine rings is 1. The molecule has 0 aliphatic rings. The summed E-state index contributed by atoms with van der Waals surface area (Å²) in [5, 5.41) is 6.96. The van der Waals surface area contributed by atoms with Gasteiger partial charge in [-0.3, -0.25) is 14.5 Å². The maximum absolute atomic E-state index is 12.3. The number of ether oxygens (including phenoxy) is 1. The van der Waals surface area contributed by atoms with E-state index in [-0.39, 0.29) is 5.91 Å². The van der Waals surface area contributed by atoms with Gasteiger partial charge < -0.3 is 10.1 Å². The minimum atomic E-state index is -0.168. The molecule has 0 atom stereocenters. The average Bonchev–Trinajstić information content (AvgIpc) is 3.05. The number of carbonyl (C=O) groups is 1. The number of methoxy groups -OCH3 is 1. The van der Waals surface area contributed by atoms with E-state index in [1.165, 1.54) is 0 Å². The van der Waals surface area contributed by atoms with Crippen LogP contribution in [0.2, 0.25) is 0 Å². The number of aromatic nitrogens is 3. The summed E-state index contributed by atoms with van der Waals surface area (Å²) in [4.78, 5) is 16.5. The first-order valence-electron chi connectivity index (χ1n) is 7.52. The lowest BCUT2D eigenvalue weighted by atomic mass is 10.1. The zero-order valence-corrected chi connectivity index (χ0v) is 13.6. The van der Waals surface area contributed by atoms with E-state index in [2.05, 4.69) is 15.4 Å². The number of hydrogen-bond donors (Lipinski definition) is 1. The van der Waals surface area contributed by atoms with Crippen LogP contribution >= 0.6 is 0 Å². The van der Waals surface area contributed by atoms with Crippen LogP contribution < -0.4 is 10.1 Å². The van der Waals surface area contributed by atoms with Crippen LogP contribution in [0.4, 0.5) is 0 Å². The Bertz CT molecular complexity index is 840. The fraction of sp³-hybridized carbons (Fsp3) is 0.167. The molecule has 0 spiro atoms. The van der Waals surface area contributed by atoms with Crippen LogP contribution in [0.5, 0.6) is 5.75 Å². The van der Waals surface area contributed by atoms with Crippen LogP contribution in [0, 0.1) is 0 Å². The fourth-order valence-electron chi connectivity index (χ4n) is 2.35. The van der Waals surface area contributed by atoms with Gasteiger partial charge in [-0.05, 0) is 29.8 Å². The Kier molecular flexibility index (Phi) is 4.56. The Labute approximate surface area is 140 Å². The van der Waals surface area contributed by atoms with Gasteiger partial charge in [-0.15, -0.1) is 0 Å². The van der Waals surface area contributed by atoms with Crippen molar-refractivity contribution in [2.75, 3.05) is 7.11 Å². The van der Waals surface area contributed by atoms with Crippen molar-refractivity contribution in [3.8, 4) is 16.9 Å². The van der Waals surface area contributed by atoms with Crippen molar-refractivity contribution in [2.24, 2.45) is 7.05 Å². The first kappa shape index (κ1) is 15.7. The van der Waals surface area contributed by atoms with Crippen molar-refractivity contribution < 1.29 is 9.53 Å². The van der Waals surface area contributed by atoms with Crippen molar-refractivity contribution in [1.82, 2.24) is 20.1 Å². The van der Waals surface area contributed by atoms with Gasteiger partial charge in [-0.25, -0.2) is 0 Å². The van der Waals surface area contributed by atoms with Crippen molar-refractivity contribution in [1.29, 1.82) is 0 Å². The van der Waals surface area contributed by atoms with Crippen LogP contribution in [-0.4, -0.2) is 27.8 Å². The third-order valence-corrected chi connectivity index (χ3v) is 3.78. The van der Waals surface area contributed by atoms with Crippen LogP contribution in [0.15, 0.2) is 55.0 Å². The molecule has 6 heteroatoms. The molecule has 0 saturated heterocycles. The van der Waals surface area contributed by atoms with Gasteiger partial charge in [-0.2, -0.15) is 5.10 Å². The molecule has 6 nitrogen and oxygen atoms in total. The van der Waals surface area contributed by atoms with Crippen molar-refractivity contribution in [3.63, 3.8) is 0 Å². The highest BCUT2D eigenvalue weighted by molar-refractivity contribution is 5.95. The Hall–Kier alpha value is -3.15. The number of aryl methyl sites for hydroxylation is 1. The molecular weight excluding hydrogens is 304 g/mol. The Morgan fingerprint density at radius 1 is 1.17 bits per heavy atom. The summed E-state index contributed by atoms with van der Waals surface area (Å²) in [6, 6.07) is 11.3. The van der Waals surface area contributed by atoms with Crippen LogP contribution in [-0.2, 0) is 13.6 Å². The SMILES string of the molecule is COc1ccc(-c2cncc(C(=O)NCc3ccnn3C)c2)cc1. The summed E-state index contributed by atoms with van der Waals surface area (Å²) < 4.78 is 6.89. The Balaban J connectivity index is 1.74. The lowest BCUT2D eigenvalue weighted by Gasteiger charge is -2.08. The lowest BCUT2D eigenvalue weighted by Crippen LogP contribution is -2.24. The first-order valence-corrected chi connectivity index (χ1v) is 7.52. The minimum Gasteiger partial charge on any atom is -0.497 e. The van der Waals surface area contributed by atoms with E-state index in [4.69, 9.17) is 4.74 Å². The number of carbonyl (C=O) groups excluding carboxylic acids is 1. The summed E-state index contributed by atoms with van der Waals surface area (Å²) in [6.45, 7) is 0.419. The summed E-state index contributed by atoms with van der Waals surface area (Å²) in [5.41, 5.74) is 3.31. The van der Waals surface area contributed by atoms with Crippen LogP contribution in [0.1, 0.15) is 16.1 Å². The fourth-order valence-corrected chi connectivity index (χ4v) is 2.35. The van der Waals surface area contributed by atoms with Gasteiger partial charge >= 0.3 is 0 Å². The first-order chi connectivity index (χ1) is 11.7. The summed E-state index contributed by atoms with van der Waals surface area (Å²) in [5.74, 6) is 0.621. The number of amides is 1. The van der Waals surface area contributed by atoms with E-state index in [0.29, 0.717) is 12.1 Å². The highest BCUT2D eigenvalue weighted by atomic mass is 16.5. The molecule has 0 aliphatic carbocycles. The maximum atomic E-state index is 12.3. The third-order valence-electron chi connectivity index (χ3n) is 3.78. The average molecular weight is 322 g/mol. The van der Waals surface area contributed by atoms with E-state index < -0.39 is 0 Å². The lowest BCUT2D eigenvalue weighted by molar-refractivity contribution is 0.0949. The molecule has 0 fully saturated rings. The van der Waals surface area contributed by atoms with E-state index >= 15 is 0 Å². The second-order valence-electron chi connectivity index (χ2n) is 5.32. The Morgan fingerprint density at radius 2 is 1.96 bits per heavy atom. The van der Waals surface area contributed by atoms with Gasteiger partial charge in [-0.1, -0.05) is 12.1 Å². The third kappa shape index (κ3) is 3.43. The molecule has 3 rings (SSSR count). The van der Waals surface area contributed by atoms with Gasteiger partial charge in [0.1, 0.15) is 5.75 Å². The largest absolute Gasteiger partial charge is 0.497 e. The number of nitrogens with zero attached hydrogens (tertiary/aromatic N) is 3. The molecule has 2 aromatic heterocycles. The van der Waals surface area contributed by atoms with Crippen molar-refractivity contribution in [3.05, 3.63) is 66.2 Å². The molecule has 122 valence electrons. The predicted octanol–water partition coefficient (Wildman–Crippen LogP) is 2.42. The van der Waals surface area contributed by atoms with Gasteiger partial charge in [0.25, 0.3) is 5.91 Å². The highest BCUT2D eigenvalue weighted by Crippen LogP contribution is 2.22. The molecule has 0 aliphatic heterocycles. The van der Waals surface area contributed by atoms with Gasteiger partial charge in [0.15, 0.2) is 0 Å². The van der Waals surface area contributed by atoms with Gasteiger partial charge in [0.05, 0.1) is 24.9 Å². The summed E-state index contributed by atoms with van der Waals surface area (Å²) in [7, 11) is 3.47. The quantitative estimate of drug-likeness (QED) is 0.783. The highest BCUT2D eigenvalue weighted by Gasteiger charge is 2.09. The minimum absolute atomic E-state index is 0.168. The molecule has 0 saturated carbocycles. The second kappa shape index (κ2) is 6.95. The molecule has 1 amide bonds. The van der Waals surface area contributed by atoms with E-state index in [1.807, 2.05) is 43.4 Å². The van der Waals surface area contributed by atoms with Gasteiger partial charge in [0.2, 0.25) is 0 Å². The number of benzene rings is 1.